The van der Waals surface area contributed by atoms with Crippen LogP contribution in [0.15, 0.2) is 18.0 Å². The van der Waals surface area contributed by atoms with Crippen molar-refractivity contribution in [1.82, 2.24) is 15.2 Å². The number of anilines is 1. The maximum Gasteiger partial charge on any atom is 0.259 e. The topological polar surface area (TPSA) is 82.1 Å². The number of H-pyrrole nitrogens is 1. The van der Waals surface area contributed by atoms with Crippen molar-refractivity contribution < 1.29 is 9.90 Å². The molecule has 0 bridgehead atoms. The Morgan fingerprint density at radius 2 is 2.19 bits per heavy atom. The van der Waals surface area contributed by atoms with Crippen molar-refractivity contribution in [3.63, 3.8) is 0 Å². The van der Waals surface area contributed by atoms with Gasteiger partial charge in [0.1, 0.15) is 6.33 Å². The highest BCUT2D eigenvalue weighted by atomic mass is 16.3. The first-order valence-electron chi connectivity index (χ1n) is 5.00. The fraction of sp³-hybridized carbons (Fsp3) is 0.500. The van der Waals surface area contributed by atoms with Crippen molar-refractivity contribution in [2.75, 3.05) is 4.90 Å². The number of aromatic amines is 1. The van der Waals surface area contributed by atoms with Gasteiger partial charge in [-0.3, -0.25) is 4.79 Å². The summed E-state index contributed by atoms with van der Waals surface area (Å²) in [5.74, 6) is 0.0183. The van der Waals surface area contributed by atoms with Gasteiger partial charge in [0.25, 0.3) is 5.91 Å². The van der Waals surface area contributed by atoms with Gasteiger partial charge in [-0.15, -0.1) is 0 Å². The first-order valence-corrected chi connectivity index (χ1v) is 5.00. The van der Waals surface area contributed by atoms with Gasteiger partial charge in [0, 0.05) is 5.57 Å². The summed E-state index contributed by atoms with van der Waals surface area (Å²) in [4.78, 5) is 17.1. The molecule has 2 rings (SSSR count). The lowest BCUT2D eigenvalue weighted by Gasteiger charge is -2.21. The second-order valence-electron chi connectivity index (χ2n) is 4.73. The van der Waals surface area contributed by atoms with Crippen LogP contribution in [0.3, 0.4) is 0 Å². The zero-order chi connectivity index (χ0) is 11.9. The fourth-order valence-electron chi connectivity index (χ4n) is 1.65. The van der Waals surface area contributed by atoms with Crippen LogP contribution in [0.25, 0.3) is 0 Å². The Hall–Kier alpha value is -1.69. The molecule has 0 saturated carbocycles. The Morgan fingerprint density at radius 3 is 2.62 bits per heavy atom. The highest BCUT2D eigenvalue weighted by Crippen LogP contribution is 2.33. The summed E-state index contributed by atoms with van der Waals surface area (Å²) in [7, 11) is 0. The molecule has 2 heterocycles. The standard InChI is InChI=1S/C10H14N4O2/c1-10(2,3)6-4-7(15)14(8(6)16)9-11-5-12-13-9/h4-5,7,15H,1-3H3,(H,11,12,13). The number of hydrogen-bond donors (Lipinski definition) is 2. The molecule has 2 N–H and O–H groups in total. The molecule has 1 atom stereocenters. The number of aliphatic hydroxyl groups excluding tert-OH is 1. The minimum Gasteiger partial charge on any atom is -0.369 e. The van der Waals surface area contributed by atoms with Gasteiger partial charge in [0.2, 0.25) is 5.95 Å². The summed E-state index contributed by atoms with van der Waals surface area (Å²) in [6.07, 6.45) is 1.87. The van der Waals surface area contributed by atoms with Gasteiger partial charge < -0.3 is 5.11 Å². The number of aromatic nitrogens is 3. The first-order chi connectivity index (χ1) is 7.41. The number of hydrogen-bond acceptors (Lipinski definition) is 4. The van der Waals surface area contributed by atoms with Crippen LogP contribution in [0.1, 0.15) is 20.8 Å². The monoisotopic (exact) mass is 222 g/mol. The number of nitrogens with one attached hydrogen (secondary N) is 1. The van der Waals surface area contributed by atoms with E-state index in [0.29, 0.717) is 5.57 Å². The molecule has 1 aromatic heterocycles. The highest BCUT2D eigenvalue weighted by molar-refractivity contribution is 6.08. The second kappa shape index (κ2) is 3.41. The molecule has 1 unspecified atom stereocenters. The van der Waals surface area contributed by atoms with Crippen LogP contribution in [0.2, 0.25) is 0 Å². The van der Waals surface area contributed by atoms with E-state index in [2.05, 4.69) is 15.2 Å². The molecule has 1 aromatic rings. The van der Waals surface area contributed by atoms with Gasteiger partial charge >= 0.3 is 0 Å². The average Bonchev–Trinajstić information content (AvgIpc) is 2.72. The molecule has 86 valence electrons. The third-order valence-electron chi connectivity index (χ3n) is 2.47. The van der Waals surface area contributed by atoms with Crippen LogP contribution in [0.5, 0.6) is 0 Å². The molecule has 1 aliphatic heterocycles. The van der Waals surface area contributed by atoms with Gasteiger partial charge in [-0.25, -0.2) is 10.00 Å². The lowest BCUT2D eigenvalue weighted by molar-refractivity contribution is -0.116. The quantitative estimate of drug-likeness (QED) is 0.722. The van der Waals surface area contributed by atoms with E-state index in [1.54, 1.807) is 6.08 Å². The number of carbonyl (C=O) groups excluding carboxylic acids is 1. The molecule has 0 aliphatic carbocycles. The summed E-state index contributed by atoms with van der Waals surface area (Å²) in [6.45, 7) is 5.77. The van der Waals surface area contributed by atoms with E-state index in [-0.39, 0.29) is 17.3 Å². The number of aliphatic hydroxyl groups is 1. The van der Waals surface area contributed by atoms with E-state index in [1.165, 1.54) is 11.2 Å². The summed E-state index contributed by atoms with van der Waals surface area (Å²) in [6, 6.07) is 0. The van der Waals surface area contributed by atoms with Crippen LogP contribution < -0.4 is 4.90 Å². The predicted octanol–water partition coefficient (Wildman–Crippen LogP) is 0.442. The van der Waals surface area contributed by atoms with Crippen molar-refractivity contribution >= 4 is 11.9 Å². The van der Waals surface area contributed by atoms with Gasteiger partial charge in [-0.2, -0.15) is 10.1 Å². The lowest BCUT2D eigenvalue weighted by atomic mass is 9.86. The first kappa shape index (κ1) is 10.8. The van der Waals surface area contributed by atoms with Gasteiger partial charge in [0.15, 0.2) is 6.23 Å². The molecule has 6 heteroatoms. The summed E-state index contributed by atoms with van der Waals surface area (Å²) >= 11 is 0. The van der Waals surface area contributed by atoms with Crippen LogP contribution >= 0.6 is 0 Å². The normalized spacial score (nSPS) is 21.5. The molecule has 0 fully saturated rings. The minimum absolute atomic E-state index is 0.239. The molecule has 0 radical (unpaired) electrons. The molecule has 1 aliphatic rings. The van der Waals surface area contributed by atoms with E-state index in [4.69, 9.17) is 0 Å². The van der Waals surface area contributed by atoms with E-state index < -0.39 is 6.23 Å². The largest absolute Gasteiger partial charge is 0.369 e. The molecule has 6 nitrogen and oxygen atoms in total. The van der Waals surface area contributed by atoms with E-state index in [1.807, 2.05) is 20.8 Å². The third-order valence-corrected chi connectivity index (χ3v) is 2.47. The lowest BCUT2D eigenvalue weighted by Crippen LogP contribution is -2.36. The predicted molar refractivity (Wildman–Crippen MR) is 57.4 cm³/mol. The molecule has 1 amide bonds. The Balaban J connectivity index is 2.33. The minimum atomic E-state index is -0.977. The number of amides is 1. The zero-order valence-corrected chi connectivity index (χ0v) is 9.43. The van der Waals surface area contributed by atoms with E-state index in [0.717, 1.165) is 0 Å². The summed E-state index contributed by atoms with van der Waals surface area (Å²) in [5, 5.41) is 16.0. The summed E-state index contributed by atoms with van der Waals surface area (Å²) < 4.78 is 0. The van der Waals surface area contributed by atoms with Crippen molar-refractivity contribution in [3.8, 4) is 0 Å². The Bertz CT molecular complexity index is 430. The Labute approximate surface area is 93.0 Å². The van der Waals surface area contributed by atoms with Crippen LogP contribution in [-0.4, -0.2) is 32.4 Å². The maximum atomic E-state index is 12.1. The smallest absolute Gasteiger partial charge is 0.259 e. The van der Waals surface area contributed by atoms with Crippen LogP contribution in [0.4, 0.5) is 5.95 Å². The van der Waals surface area contributed by atoms with Gasteiger partial charge in [-0.05, 0) is 11.5 Å². The van der Waals surface area contributed by atoms with Crippen LogP contribution in [0, 0.1) is 5.41 Å². The molecule has 0 aromatic carbocycles. The van der Waals surface area contributed by atoms with Crippen molar-refractivity contribution in [3.05, 3.63) is 18.0 Å². The SMILES string of the molecule is CC(C)(C)C1=CC(O)N(c2ncn[nH]2)C1=O. The average molecular weight is 222 g/mol. The molecule has 0 saturated heterocycles. The Kier molecular flexibility index (Phi) is 2.31. The zero-order valence-electron chi connectivity index (χ0n) is 9.43. The highest BCUT2D eigenvalue weighted by Gasteiger charge is 2.38. The van der Waals surface area contributed by atoms with Crippen molar-refractivity contribution in [2.45, 2.75) is 27.0 Å². The molecule has 0 spiro atoms. The number of rotatable bonds is 1. The molecular weight excluding hydrogens is 208 g/mol. The van der Waals surface area contributed by atoms with Crippen LogP contribution in [-0.2, 0) is 4.79 Å². The second-order valence-corrected chi connectivity index (χ2v) is 4.73. The van der Waals surface area contributed by atoms with Crippen molar-refractivity contribution in [1.29, 1.82) is 0 Å². The number of nitrogens with zero attached hydrogens (tertiary/aromatic N) is 3. The van der Waals surface area contributed by atoms with Crippen molar-refractivity contribution in [2.24, 2.45) is 5.41 Å². The third kappa shape index (κ3) is 1.61. The molecule has 16 heavy (non-hydrogen) atoms. The fourth-order valence-corrected chi connectivity index (χ4v) is 1.65. The number of carbonyl (C=O) groups is 1. The van der Waals surface area contributed by atoms with E-state index >= 15 is 0 Å². The van der Waals surface area contributed by atoms with E-state index in [9.17, 15) is 9.90 Å². The summed E-state index contributed by atoms with van der Waals surface area (Å²) in [5.41, 5.74) is 0.281. The van der Waals surface area contributed by atoms with Gasteiger partial charge in [0.05, 0.1) is 0 Å². The molecular formula is C10H14N4O2. The maximum absolute atomic E-state index is 12.1. The Morgan fingerprint density at radius 1 is 1.50 bits per heavy atom. The van der Waals surface area contributed by atoms with Gasteiger partial charge in [-0.1, -0.05) is 20.8 Å².